The smallest absolute Gasteiger partial charge is 0.0706 e. The van der Waals surface area contributed by atoms with Crippen molar-refractivity contribution in [1.29, 1.82) is 0 Å². The molecule has 0 N–H and O–H groups in total. The molecule has 0 aliphatic carbocycles. The Hall–Kier alpha value is -1.55. The molecule has 0 fully saturated rings. The lowest BCUT2D eigenvalue weighted by Crippen LogP contribution is -2.24. The molecule has 1 unspecified atom stereocenters. The van der Waals surface area contributed by atoms with Crippen molar-refractivity contribution in [2.45, 2.75) is 32.7 Å². The minimum absolute atomic E-state index is 0.288. The maximum atomic E-state index is 5.26. The Labute approximate surface area is 90.6 Å². The first kappa shape index (κ1) is 9.98. The normalized spacial score (nSPS) is 17.5. The van der Waals surface area contributed by atoms with Crippen LogP contribution in [0.2, 0.25) is 0 Å². The molecule has 0 saturated carbocycles. The number of hydrogen-bond acceptors (Lipinski definition) is 1. The first-order valence-corrected chi connectivity index (χ1v) is 5.31. The van der Waals surface area contributed by atoms with Crippen LogP contribution in [-0.4, -0.2) is 6.04 Å². The van der Waals surface area contributed by atoms with Crippen molar-refractivity contribution in [1.82, 2.24) is 0 Å². The molecular weight excluding hydrogens is 182 g/mol. The van der Waals surface area contributed by atoms with Gasteiger partial charge in [-0.15, -0.1) is 12.3 Å². The van der Waals surface area contributed by atoms with E-state index in [0.717, 1.165) is 18.2 Å². The van der Waals surface area contributed by atoms with Crippen LogP contribution >= 0.6 is 0 Å². The van der Waals surface area contributed by atoms with Crippen LogP contribution in [0.4, 0.5) is 0 Å². The van der Waals surface area contributed by atoms with E-state index in [1.165, 1.54) is 16.3 Å². The zero-order valence-electron chi connectivity index (χ0n) is 9.25. The number of terminal acetylenes is 1. The first-order chi connectivity index (χ1) is 7.22. The van der Waals surface area contributed by atoms with E-state index in [0.29, 0.717) is 0 Å². The van der Waals surface area contributed by atoms with Gasteiger partial charge in [0.05, 0.1) is 11.4 Å². The average molecular weight is 197 g/mol. The Balaban J connectivity index is 2.41. The van der Waals surface area contributed by atoms with E-state index in [4.69, 9.17) is 6.42 Å². The number of nitrogens with zero attached hydrogens (tertiary/aromatic N) is 1. The lowest BCUT2D eigenvalue weighted by Gasteiger charge is -1.98. The Kier molecular flexibility index (Phi) is 2.60. The third-order valence-electron chi connectivity index (χ3n) is 3.01. The highest BCUT2D eigenvalue weighted by Gasteiger charge is 2.09. The Morgan fingerprint density at radius 3 is 2.93 bits per heavy atom. The van der Waals surface area contributed by atoms with Crippen LogP contribution < -0.4 is 10.6 Å². The summed E-state index contributed by atoms with van der Waals surface area (Å²) in [5.41, 5.74) is 2.68. The molecule has 76 valence electrons. The molecule has 1 nitrogen and oxygen atoms in total. The van der Waals surface area contributed by atoms with Crippen molar-refractivity contribution in [3.8, 4) is 12.3 Å². The molecule has 1 atom stereocenters. The van der Waals surface area contributed by atoms with Crippen molar-refractivity contribution < 1.29 is 0 Å². The molecule has 0 bridgehead atoms. The van der Waals surface area contributed by atoms with Gasteiger partial charge in [0, 0.05) is 11.6 Å². The van der Waals surface area contributed by atoms with Gasteiger partial charge in [0.15, 0.2) is 0 Å². The van der Waals surface area contributed by atoms with Gasteiger partial charge in [0.2, 0.25) is 0 Å². The Morgan fingerprint density at radius 1 is 1.40 bits per heavy atom. The van der Waals surface area contributed by atoms with Crippen LogP contribution in [-0.2, 0) is 0 Å². The van der Waals surface area contributed by atoms with Crippen molar-refractivity contribution in [2.24, 2.45) is 4.99 Å². The number of rotatable bonds is 2. The molecule has 0 radical (unpaired) electrons. The number of fused-ring (bicyclic) bond motifs is 1. The van der Waals surface area contributed by atoms with Gasteiger partial charge in [0.1, 0.15) is 0 Å². The predicted octanol–water partition coefficient (Wildman–Crippen LogP) is 1.50. The lowest BCUT2D eigenvalue weighted by atomic mass is 10.1. The molecular formula is C14H15N. The fraction of sp³-hybridized carbons (Fsp3) is 0.357. The fourth-order valence-electron chi connectivity index (χ4n) is 1.93. The van der Waals surface area contributed by atoms with Crippen molar-refractivity contribution in [3.05, 3.63) is 33.8 Å². The summed E-state index contributed by atoms with van der Waals surface area (Å²) < 4.78 is 0. The quantitative estimate of drug-likeness (QED) is 0.637. The third kappa shape index (κ3) is 1.80. The van der Waals surface area contributed by atoms with Gasteiger partial charge in [0.25, 0.3) is 0 Å². The summed E-state index contributed by atoms with van der Waals surface area (Å²) in [4.78, 5) is 4.64. The third-order valence-corrected chi connectivity index (χ3v) is 3.01. The van der Waals surface area contributed by atoms with Gasteiger partial charge in [-0.2, -0.15) is 0 Å². The molecule has 0 aromatic heterocycles. The Bertz CT molecular complexity index is 532. The zero-order chi connectivity index (χ0) is 10.8. The maximum Gasteiger partial charge on any atom is 0.0706 e. The molecule has 1 heteroatoms. The minimum atomic E-state index is 0.288. The maximum absolute atomic E-state index is 5.26. The first-order valence-electron chi connectivity index (χ1n) is 5.31. The van der Waals surface area contributed by atoms with Crippen LogP contribution in [0.15, 0.2) is 17.1 Å². The van der Waals surface area contributed by atoms with Crippen molar-refractivity contribution in [2.75, 3.05) is 0 Å². The summed E-state index contributed by atoms with van der Waals surface area (Å²) in [7, 11) is 0. The molecule has 0 spiro atoms. The van der Waals surface area contributed by atoms with Crippen LogP contribution in [0.25, 0.3) is 6.08 Å². The van der Waals surface area contributed by atoms with Gasteiger partial charge >= 0.3 is 0 Å². The second-order valence-corrected chi connectivity index (χ2v) is 4.05. The standard InChI is InChI=1S/C14H15N/c1-4-5-6-12-9-13-11(3)10(2)7-8-14(13)15-12/h1,7-9,12H,5-6H2,2-3H3. The summed E-state index contributed by atoms with van der Waals surface area (Å²) in [6, 6.07) is 4.52. The molecule has 15 heavy (non-hydrogen) atoms. The lowest BCUT2D eigenvalue weighted by molar-refractivity contribution is 0.768. The van der Waals surface area contributed by atoms with E-state index < -0.39 is 0 Å². The van der Waals surface area contributed by atoms with Crippen molar-refractivity contribution in [3.63, 3.8) is 0 Å². The second-order valence-electron chi connectivity index (χ2n) is 4.05. The van der Waals surface area contributed by atoms with E-state index in [1.807, 2.05) is 0 Å². The Morgan fingerprint density at radius 2 is 2.20 bits per heavy atom. The number of benzene rings is 1. The molecule has 1 aromatic rings. The highest BCUT2D eigenvalue weighted by Crippen LogP contribution is 2.07. The molecule has 2 rings (SSSR count). The average Bonchev–Trinajstić information content (AvgIpc) is 2.64. The molecule has 0 amide bonds. The number of hydrogen-bond donors (Lipinski definition) is 0. The second kappa shape index (κ2) is 3.90. The molecule has 1 heterocycles. The van der Waals surface area contributed by atoms with Crippen LogP contribution in [0, 0.1) is 26.2 Å². The van der Waals surface area contributed by atoms with Gasteiger partial charge in [-0.3, -0.25) is 4.99 Å². The van der Waals surface area contributed by atoms with E-state index in [-0.39, 0.29) is 6.04 Å². The van der Waals surface area contributed by atoms with E-state index in [9.17, 15) is 0 Å². The summed E-state index contributed by atoms with van der Waals surface area (Å²) in [6.07, 6.45) is 9.27. The monoisotopic (exact) mass is 197 g/mol. The topological polar surface area (TPSA) is 12.4 Å². The van der Waals surface area contributed by atoms with Gasteiger partial charge in [-0.25, -0.2) is 0 Å². The van der Waals surface area contributed by atoms with Crippen LogP contribution in [0.5, 0.6) is 0 Å². The summed E-state index contributed by atoms with van der Waals surface area (Å²) >= 11 is 0. The molecule has 1 aliphatic heterocycles. The highest BCUT2D eigenvalue weighted by atomic mass is 14.8. The van der Waals surface area contributed by atoms with Crippen LogP contribution in [0.3, 0.4) is 0 Å². The summed E-state index contributed by atoms with van der Waals surface area (Å²) in [6.45, 7) is 4.29. The van der Waals surface area contributed by atoms with Crippen molar-refractivity contribution >= 4 is 6.08 Å². The van der Waals surface area contributed by atoms with E-state index in [1.54, 1.807) is 0 Å². The summed E-state index contributed by atoms with van der Waals surface area (Å²) in [5.74, 6) is 2.67. The molecule has 0 saturated heterocycles. The van der Waals surface area contributed by atoms with Gasteiger partial charge in [-0.05, 0) is 37.5 Å². The predicted molar refractivity (Wildman–Crippen MR) is 63.0 cm³/mol. The SMILES string of the molecule is C#CCCC1C=c2c(C)c(C)ccc2=N1. The van der Waals surface area contributed by atoms with Gasteiger partial charge in [-0.1, -0.05) is 12.1 Å². The molecule has 1 aliphatic rings. The van der Waals surface area contributed by atoms with Gasteiger partial charge < -0.3 is 0 Å². The molecule has 1 aromatic carbocycles. The number of aryl methyl sites for hydroxylation is 1. The van der Waals surface area contributed by atoms with E-state index >= 15 is 0 Å². The van der Waals surface area contributed by atoms with Crippen LogP contribution in [0.1, 0.15) is 24.0 Å². The zero-order valence-corrected chi connectivity index (χ0v) is 9.25. The highest BCUT2D eigenvalue weighted by molar-refractivity contribution is 5.40. The minimum Gasteiger partial charge on any atom is -0.277 e. The fourth-order valence-corrected chi connectivity index (χ4v) is 1.93. The summed E-state index contributed by atoms with van der Waals surface area (Å²) in [5, 5.41) is 2.43. The van der Waals surface area contributed by atoms with E-state index in [2.05, 4.69) is 43.0 Å². The largest absolute Gasteiger partial charge is 0.277 e.